The van der Waals surface area contributed by atoms with Crippen molar-refractivity contribution in [1.82, 2.24) is 5.32 Å². The minimum Gasteiger partial charge on any atom is -0.509 e. The molecule has 0 unspecified atom stereocenters. The number of amides is 1. The Bertz CT molecular complexity index is 650. The Hall–Kier alpha value is -2.74. The first-order valence-electron chi connectivity index (χ1n) is 6.55. The number of nitro benzene ring substituents is 1. The largest absolute Gasteiger partial charge is 0.509 e. The third-order valence-electron chi connectivity index (χ3n) is 3.33. The first-order chi connectivity index (χ1) is 10.4. The second kappa shape index (κ2) is 6.35. The molecule has 0 radical (unpaired) electrons. The lowest BCUT2D eigenvalue weighted by Gasteiger charge is -2.07. The van der Waals surface area contributed by atoms with Gasteiger partial charge in [0.1, 0.15) is 11.3 Å². The molecule has 1 aliphatic rings. The summed E-state index contributed by atoms with van der Waals surface area (Å²) in [4.78, 5) is 33.9. The summed E-state index contributed by atoms with van der Waals surface area (Å²) in [5, 5.41) is 31.7. The summed E-state index contributed by atoms with van der Waals surface area (Å²) in [5.41, 5.74) is 0.0750. The molecule has 1 amide bonds. The first-order valence-corrected chi connectivity index (χ1v) is 6.55. The number of benzene rings is 1. The fraction of sp³-hybridized carbons (Fsp3) is 0.286. The maximum Gasteiger partial charge on any atom is 0.269 e. The van der Waals surface area contributed by atoms with Gasteiger partial charge in [-0.25, -0.2) is 0 Å². The summed E-state index contributed by atoms with van der Waals surface area (Å²) < 4.78 is 0. The molecule has 116 valence electrons. The highest BCUT2D eigenvalue weighted by Crippen LogP contribution is 2.20. The summed E-state index contributed by atoms with van der Waals surface area (Å²) in [6.45, 7) is -0.237. The Balaban J connectivity index is 2.14. The van der Waals surface area contributed by atoms with Crippen LogP contribution in [0.4, 0.5) is 5.69 Å². The average Bonchev–Trinajstić information content (AvgIpc) is 2.74. The van der Waals surface area contributed by atoms with Crippen LogP contribution in [0.5, 0.6) is 0 Å². The molecule has 0 saturated carbocycles. The lowest BCUT2D eigenvalue weighted by molar-refractivity contribution is -0.384. The normalized spacial score (nSPS) is 17.5. The summed E-state index contributed by atoms with van der Waals surface area (Å²) in [7, 11) is 0. The van der Waals surface area contributed by atoms with Crippen molar-refractivity contribution in [2.24, 2.45) is 0 Å². The molecule has 2 rings (SSSR count). The van der Waals surface area contributed by atoms with E-state index in [-0.39, 0.29) is 36.5 Å². The number of nitro groups is 1. The second-order valence-corrected chi connectivity index (χ2v) is 4.82. The molecular weight excluding hydrogens is 292 g/mol. The molecule has 0 saturated heterocycles. The number of non-ortho nitro benzene ring substituents is 1. The van der Waals surface area contributed by atoms with Gasteiger partial charge in [0.05, 0.1) is 11.0 Å². The lowest BCUT2D eigenvalue weighted by Crippen LogP contribution is -2.30. The van der Waals surface area contributed by atoms with Gasteiger partial charge in [0.25, 0.3) is 11.6 Å². The number of aliphatic hydroxyl groups is 2. The third-order valence-corrected chi connectivity index (χ3v) is 3.33. The summed E-state index contributed by atoms with van der Waals surface area (Å²) in [6, 6.07) is 4.62. The fourth-order valence-corrected chi connectivity index (χ4v) is 2.21. The van der Waals surface area contributed by atoms with Crippen LogP contribution in [0.15, 0.2) is 35.6 Å². The molecule has 1 heterocycles. The molecule has 8 heteroatoms. The SMILES string of the molecule is O=C(Cc1ccc([N+](=O)[O-])cc1)C1=C(O)[C@H](CCO)NC1=O. The number of Topliss-reactive ketones (excluding diaryl/α,β-unsaturated/α-hetero) is 1. The van der Waals surface area contributed by atoms with E-state index in [0.717, 1.165) is 0 Å². The lowest BCUT2D eigenvalue weighted by atomic mass is 10.0. The Morgan fingerprint density at radius 1 is 1.32 bits per heavy atom. The molecule has 0 fully saturated rings. The molecule has 1 aliphatic heterocycles. The number of hydrogen-bond donors (Lipinski definition) is 3. The minimum atomic E-state index is -0.756. The van der Waals surface area contributed by atoms with Crippen molar-refractivity contribution in [2.75, 3.05) is 6.61 Å². The molecule has 3 N–H and O–H groups in total. The second-order valence-electron chi connectivity index (χ2n) is 4.82. The number of nitrogens with one attached hydrogen (secondary N) is 1. The number of aliphatic hydroxyl groups excluding tert-OH is 2. The van der Waals surface area contributed by atoms with Crippen molar-refractivity contribution in [3.63, 3.8) is 0 Å². The Kier molecular flexibility index (Phi) is 4.52. The van der Waals surface area contributed by atoms with Crippen molar-refractivity contribution in [1.29, 1.82) is 0 Å². The number of hydrogen-bond acceptors (Lipinski definition) is 6. The predicted molar refractivity (Wildman–Crippen MR) is 75.1 cm³/mol. The summed E-state index contributed by atoms with van der Waals surface area (Å²) >= 11 is 0. The van der Waals surface area contributed by atoms with E-state index in [0.29, 0.717) is 5.56 Å². The van der Waals surface area contributed by atoms with E-state index in [1.54, 1.807) is 0 Å². The number of nitrogens with zero attached hydrogens (tertiary/aromatic N) is 1. The number of carbonyl (C=O) groups excluding carboxylic acids is 2. The zero-order valence-corrected chi connectivity index (χ0v) is 11.5. The standard InChI is InChI=1S/C14H14N2O6/c17-6-5-10-13(19)12(14(20)15-10)11(18)7-8-1-3-9(4-2-8)16(21)22/h1-4,10,17,19H,5-7H2,(H,15,20)/t10-/m0/s1. The highest BCUT2D eigenvalue weighted by molar-refractivity contribution is 6.21. The van der Waals surface area contributed by atoms with Crippen LogP contribution in [0, 0.1) is 10.1 Å². The Morgan fingerprint density at radius 2 is 1.95 bits per heavy atom. The number of rotatable bonds is 6. The van der Waals surface area contributed by atoms with Gasteiger partial charge >= 0.3 is 0 Å². The van der Waals surface area contributed by atoms with Gasteiger partial charge in [-0.3, -0.25) is 19.7 Å². The summed E-state index contributed by atoms with van der Waals surface area (Å²) in [5.74, 6) is -1.63. The van der Waals surface area contributed by atoms with Gasteiger partial charge in [-0.2, -0.15) is 0 Å². The molecule has 1 atom stereocenters. The van der Waals surface area contributed by atoms with Crippen molar-refractivity contribution in [3.05, 3.63) is 51.3 Å². The Labute approximate surface area is 125 Å². The fourth-order valence-electron chi connectivity index (χ4n) is 2.21. The van der Waals surface area contributed by atoms with Gasteiger partial charge in [0.2, 0.25) is 0 Å². The van der Waals surface area contributed by atoms with E-state index in [2.05, 4.69) is 5.32 Å². The maximum absolute atomic E-state index is 12.1. The molecule has 0 bridgehead atoms. The molecule has 8 nitrogen and oxygen atoms in total. The predicted octanol–water partition coefficient (Wildman–Crippen LogP) is 0.399. The number of carbonyl (C=O) groups is 2. The smallest absolute Gasteiger partial charge is 0.269 e. The quantitative estimate of drug-likeness (QED) is 0.396. The van der Waals surface area contributed by atoms with Crippen LogP contribution in [-0.4, -0.2) is 39.5 Å². The van der Waals surface area contributed by atoms with Crippen LogP contribution >= 0.6 is 0 Å². The van der Waals surface area contributed by atoms with Crippen molar-refractivity contribution < 1.29 is 24.7 Å². The van der Waals surface area contributed by atoms with Crippen LogP contribution in [-0.2, 0) is 16.0 Å². The highest BCUT2D eigenvalue weighted by atomic mass is 16.6. The molecule has 0 aliphatic carbocycles. The van der Waals surface area contributed by atoms with Crippen molar-refractivity contribution in [3.8, 4) is 0 Å². The zero-order valence-electron chi connectivity index (χ0n) is 11.5. The zero-order chi connectivity index (χ0) is 16.3. The minimum absolute atomic E-state index is 0.0973. The highest BCUT2D eigenvalue weighted by Gasteiger charge is 2.35. The number of ketones is 1. The van der Waals surface area contributed by atoms with E-state index >= 15 is 0 Å². The molecule has 0 spiro atoms. The van der Waals surface area contributed by atoms with Crippen LogP contribution in [0.25, 0.3) is 0 Å². The maximum atomic E-state index is 12.1. The first kappa shape index (κ1) is 15.6. The van der Waals surface area contributed by atoms with Gasteiger partial charge in [0.15, 0.2) is 5.78 Å². The van der Waals surface area contributed by atoms with Crippen LogP contribution in [0.3, 0.4) is 0 Å². The summed E-state index contributed by atoms with van der Waals surface area (Å²) in [6.07, 6.45) is -0.0391. The average molecular weight is 306 g/mol. The van der Waals surface area contributed by atoms with Gasteiger partial charge < -0.3 is 15.5 Å². The van der Waals surface area contributed by atoms with Crippen LogP contribution < -0.4 is 5.32 Å². The van der Waals surface area contributed by atoms with Crippen molar-refractivity contribution >= 4 is 17.4 Å². The van der Waals surface area contributed by atoms with Gasteiger partial charge in [-0.1, -0.05) is 12.1 Å². The topological polar surface area (TPSA) is 130 Å². The van der Waals surface area contributed by atoms with E-state index in [1.807, 2.05) is 0 Å². The Morgan fingerprint density at radius 3 is 2.50 bits per heavy atom. The third kappa shape index (κ3) is 3.12. The van der Waals surface area contributed by atoms with E-state index in [4.69, 9.17) is 5.11 Å². The molecule has 1 aromatic carbocycles. The van der Waals surface area contributed by atoms with Gasteiger partial charge in [-0.05, 0) is 12.0 Å². The van der Waals surface area contributed by atoms with E-state index in [9.17, 15) is 24.8 Å². The molecule has 1 aromatic rings. The van der Waals surface area contributed by atoms with Gasteiger partial charge in [0, 0.05) is 25.2 Å². The van der Waals surface area contributed by atoms with Crippen LogP contribution in [0.1, 0.15) is 12.0 Å². The van der Waals surface area contributed by atoms with Gasteiger partial charge in [-0.15, -0.1) is 0 Å². The van der Waals surface area contributed by atoms with Crippen molar-refractivity contribution in [2.45, 2.75) is 18.9 Å². The van der Waals surface area contributed by atoms with Crippen LogP contribution in [0.2, 0.25) is 0 Å². The molecule has 22 heavy (non-hydrogen) atoms. The molecule has 0 aromatic heterocycles. The van der Waals surface area contributed by atoms with E-state index < -0.39 is 22.7 Å². The molecular formula is C14H14N2O6. The van der Waals surface area contributed by atoms with E-state index in [1.165, 1.54) is 24.3 Å². The monoisotopic (exact) mass is 306 g/mol.